The molecule has 0 saturated heterocycles. The maximum absolute atomic E-state index is 6.40. The number of rotatable bonds is 8. The summed E-state index contributed by atoms with van der Waals surface area (Å²) in [6, 6.07) is 16.4. The minimum Gasteiger partial charge on any atom is -0.497 e. The van der Waals surface area contributed by atoms with Crippen molar-refractivity contribution < 1.29 is 9.16 Å². The van der Waals surface area contributed by atoms with Gasteiger partial charge in [-0.2, -0.15) is 0 Å². The lowest BCUT2D eigenvalue weighted by molar-refractivity contribution is 0.275. The molecule has 0 radical (unpaired) electrons. The van der Waals surface area contributed by atoms with Crippen LogP contribution in [-0.2, 0) is 11.0 Å². The second kappa shape index (κ2) is 9.64. The van der Waals surface area contributed by atoms with Crippen molar-refractivity contribution in [3.8, 4) is 5.75 Å². The molecular weight excluding hydrogens is 422 g/mol. The van der Waals surface area contributed by atoms with E-state index in [0.717, 1.165) is 41.6 Å². The van der Waals surface area contributed by atoms with Gasteiger partial charge in [0.25, 0.3) is 0 Å². The smallest absolute Gasteiger partial charge is 0.191 e. The van der Waals surface area contributed by atoms with Crippen LogP contribution in [0.3, 0.4) is 0 Å². The summed E-state index contributed by atoms with van der Waals surface area (Å²) in [6.07, 6.45) is 5.19. The quantitative estimate of drug-likeness (QED) is 0.254. The molecule has 0 atom stereocenters. The molecule has 3 aromatic rings. The van der Waals surface area contributed by atoms with Crippen molar-refractivity contribution in [1.82, 2.24) is 4.57 Å². The van der Waals surface area contributed by atoms with Gasteiger partial charge in [0.15, 0.2) is 8.32 Å². The van der Waals surface area contributed by atoms with Crippen molar-refractivity contribution in [1.29, 1.82) is 0 Å². The maximum Gasteiger partial charge on any atom is 0.191 e. The summed E-state index contributed by atoms with van der Waals surface area (Å²) < 4.78 is 14.2. The first kappa shape index (κ1) is 23.6. The van der Waals surface area contributed by atoms with Crippen LogP contribution in [0.15, 0.2) is 48.5 Å². The van der Waals surface area contributed by atoms with Gasteiger partial charge in [0.1, 0.15) is 5.75 Å². The summed E-state index contributed by atoms with van der Waals surface area (Å²) in [5, 5.41) is 2.15. The Kier molecular flexibility index (Phi) is 7.35. The summed E-state index contributed by atoms with van der Waals surface area (Å²) in [4.78, 5) is 0. The first-order valence-electron chi connectivity index (χ1n) is 10.9. The fourth-order valence-corrected chi connectivity index (χ4v) is 4.62. The number of fused-ring (bicyclic) bond motifs is 1. The number of methoxy groups -OCH3 is 1. The zero-order valence-electron chi connectivity index (χ0n) is 19.5. The summed E-state index contributed by atoms with van der Waals surface area (Å²) in [7, 11) is -0.0237. The Labute approximate surface area is 192 Å². The highest BCUT2D eigenvalue weighted by Gasteiger charge is 2.36. The van der Waals surface area contributed by atoms with Gasteiger partial charge in [0.05, 0.1) is 7.11 Å². The lowest BCUT2D eigenvalue weighted by Crippen LogP contribution is -2.41. The average Bonchev–Trinajstić information content (AvgIpc) is 3.06. The number of ether oxygens (including phenoxy) is 1. The van der Waals surface area contributed by atoms with Crippen LogP contribution in [0.5, 0.6) is 5.75 Å². The number of benzene rings is 2. The molecule has 0 N–H and O–H groups in total. The molecule has 1 heterocycles. The first-order chi connectivity index (χ1) is 14.6. The van der Waals surface area contributed by atoms with Crippen molar-refractivity contribution in [2.45, 2.75) is 51.9 Å². The maximum atomic E-state index is 6.40. The second-order valence-corrected chi connectivity index (χ2v) is 14.7. The van der Waals surface area contributed by atoms with Crippen molar-refractivity contribution in [3.05, 3.63) is 64.8 Å². The molecule has 3 nitrogen and oxygen atoms in total. The minimum atomic E-state index is -1.73. The topological polar surface area (TPSA) is 23.4 Å². The summed E-state index contributed by atoms with van der Waals surface area (Å²) >= 11 is 6.34. The van der Waals surface area contributed by atoms with E-state index in [1.54, 1.807) is 7.11 Å². The minimum absolute atomic E-state index is 0.229. The molecule has 0 aliphatic rings. The molecule has 1 aromatic heterocycles. The molecule has 31 heavy (non-hydrogen) atoms. The average molecular weight is 456 g/mol. The highest BCUT2D eigenvalue weighted by molar-refractivity contribution is 6.74. The van der Waals surface area contributed by atoms with Crippen LogP contribution in [0.1, 0.15) is 38.4 Å². The summed E-state index contributed by atoms with van der Waals surface area (Å²) in [5.41, 5.74) is 3.36. The number of halogens is 1. The van der Waals surface area contributed by atoms with Gasteiger partial charge in [-0.05, 0) is 66.5 Å². The Balaban J connectivity index is 1.84. The molecule has 0 bridgehead atoms. The van der Waals surface area contributed by atoms with E-state index in [1.165, 1.54) is 10.9 Å². The molecule has 2 aromatic carbocycles. The largest absolute Gasteiger partial charge is 0.497 e. The third-order valence-electron chi connectivity index (χ3n) is 6.27. The van der Waals surface area contributed by atoms with Gasteiger partial charge in [-0.3, -0.25) is 0 Å². The molecule has 0 amide bonds. The number of aromatic nitrogens is 1. The van der Waals surface area contributed by atoms with Gasteiger partial charge >= 0.3 is 0 Å². The van der Waals surface area contributed by atoms with Gasteiger partial charge in [0.2, 0.25) is 0 Å². The van der Waals surface area contributed by atoms with E-state index >= 15 is 0 Å². The van der Waals surface area contributed by atoms with E-state index in [2.05, 4.69) is 68.8 Å². The first-order valence-corrected chi connectivity index (χ1v) is 14.1. The molecule has 0 fully saturated rings. The SMILES string of the molecule is COc1ccc2c(c1)cc(C=Cc1ccccc1Cl)n2CCCO[Si](C)(C)C(C)(C)C. The second-order valence-electron chi connectivity index (χ2n) is 9.46. The van der Waals surface area contributed by atoms with Crippen molar-refractivity contribution in [3.63, 3.8) is 0 Å². The Bertz CT molecular complexity index is 1060. The third kappa shape index (κ3) is 5.62. The predicted molar refractivity (Wildman–Crippen MR) is 137 cm³/mol. The summed E-state index contributed by atoms with van der Waals surface area (Å²) in [5.74, 6) is 0.868. The van der Waals surface area contributed by atoms with Gasteiger partial charge in [0, 0.05) is 34.8 Å². The summed E-state index contributed by atoms with van der Waals surface area (Å²) in [6.45, 7) is 13.1. The normalized spacial score (nSPS) is 12.7. The van der Waals surface area contributed by atoms with Gasteiger partial charge in [-0.1, -0.05) is 56.6 Å². The van der Waals surface area contributed by atoms with Crippen molar-refractivity contribution >= 4 is 43.0 Å². The fraction of sp³-hybridized carbons (Fsp3) is 0.385. The van der Waals surface area contributed by atoms with Crippen LogP contribution < -0.4 is 4.74 Å². The van der Waals surface area contributed by atoms with Crippen LogP contribution in [0.4, 0.5) is 0 Å². The lowest BCUT2D eigenvalue weighted by atomic mass is 10.2. The Hall–Kier alpha value is -2.01. The van der Waals surface area contributed by atoms with Gasteiger partial charge < -0.3 is 13.7 Å². The van der Waals surface area contributed by atoms with E-state index in [1.807, 2.05) is 30.3 Å². The molecule has 0 unspecified atom stereocenters. The van der Waals surface area contributed by atoms with E-state index in [-0.39, 0.29) is 5.04 Å². The zero-order chi connectivity index (χ0) is 22.6. The fourth-order valence-electron chi connectivity index (χ4n) is 3.34. The van der Waals surface area contributed by atoms with Crippen molar-refractivity contribution in [2.24, 2.45) is 0 Å². The number of hydrogen-bond acceptors (Lipinski definition) is 2. The van der Waals surface area contributed by atoms with Gasteiger partial charge in [-0.15, -0.1) is 0 Å². The Morgan fingerprint density at radius 1 is 1.03 bits per heavy atom. The van der Waals surface area contributed by atoms with Crippen LogP contribution in [-0.4, -0.2) is 26.6 Å². The van der Waals surface area contributed by atoms with Gasteiger partial charge in [-0.25, -0.2) is 0 Å². The predicted octanol–water partition coefficient (Wildman–Crippen LogP) is 7.89. The zero-order valence-corrected chi connectivity index (χ0v) is 21.3. The molecule has 0 spiro atoms. The molecule has 0 aliphatic heterocycles. The van der Waals surface area contributed by atoms with E-state index in [9.17, 15) is 0 Å². The van der Waals surface area contributed by atoms with Crippen molar-refractivity contribution in [2.75, 3.05) is 13.7 Å². The standard InChI is InChI=1S/C26H34ClNO2Si/c1-26(2,3)31(5,6)30-17-9-16-28-22(13-12-20-10-7-8-11-24(20)27)18-21-19-23(29-4)14-15-25(21)28/h7-8,10-15,18-19H,9,16-17H2,1-6H3. The molecule has 5 heteroatoms. The van der Waals surface area contributed by atoms with E-state index in [0.29, 0.717) is 0 Å². The third-order valence-corrected chi connectivity index (χ3v) is 11.2. The molecular formula is C26H34ClNO2Si. The van der Waals surface area contributed by atoms with Crippen LogP contribution >= 0.6 is 11.6 Å². The lowest BCUT2D eigenvalue weighted by Gasteiger charge is -2.36. The van der Waals surface area contributed by atoms with E-state index in [4.69, 9.17) is 20.8 Å². The molecule has 3 rings (SSSR count). The highest BCUT2D eigenvalue weighted by Crippen LogP contribution is 2.36. The van der Waals surface area contributed by atoms with Crippen LogP contribution in [0, 0.1) is 0 Å². The van der Waals surface area contributed by atoms with Crippen LogP contribution in [0.25, 0.3) is 23.1 Å². The Morgan fingerprint density at radius 3 is 2.45 bits per heavy atom. The molecule has 166 valence electrons. The molecule has 0 saturated carbocycles. The van der Waals surface area contributed by atoms with E-state index < -0.39 is 8.32 Å². The number of aryl methyl sites for hydroxylation is 1. The number of hydrogen-bond donors (Lipinski definition) is 0. The number of nitrogens with zero attached hydrogens (tertiary/aromatic N) is 1. The monoisotopic (exact) mass is 455 g/mol. The van der Waals surface area contributed by atoms with Crippen LogP contribution in [0.2, 0.25) is 23.2 Å². The molecule has 0 aliphatic carbocycles. The Morgan fingerprint density at radius 2 is 1.77 bits per heavy atom. The highest BCUT2D eigenvalue weighted by atomic mass is 35.5.